The lowest BCUT2D eigenvalue weighted by Gasteiger charge is -2.29. The number of carbonyl (C=O) groups is 3. The predicted octanol–water partition coefficient (Wildman–Crippen LogP) is 2.61. The molecule has 0 aromatic heterocycles. The number of carboxylic acids is 1. The first-order chi connectivity index (χ1) is 13.4. The molecule has 1 heterocycles. The lowest BCUT2D eigenvalue weighted by atomic mass is 10.1. The van der Waals surface area contributed by atoms with Crippen LogP contribution in [0.25, 0.3) is 6.08 Å². The molecule has 1 aliphatic rings. The van der Waals surface area contributed by atoms with Crippen LogP contribution in [-0.4, -0.2) is 34.6 Å². The molecule has 3 rings (SSSR count). The van der Waals surface area contributed by atoms with Crippen molar-refractivity contribution in [3.8, 4) is 5.75 Å². The second-order valence-corrected chi connectivity index (χ2v) is 6.17. The Kier molecular flexibility index (Phi) is 5.51. The van der Waals surface area contributed by atoms with E-state index in [4.69, 9.17) is 17.0 Å². The van der Waals surface area contributed by atoms with Crippen molar-refractivity contribution >= 4 is 46.9 Å². The van der Waals surface area contributed by atoms with Crippen LogP contribution in [0.15, 0.2) is 54.1 Å². The molecule has 1 aliphatic heterocycles. The molecule has 0 spiro atoms. The highest BCUT2D eigenvalue weighted by atomic mass is 32.1. The van der Waals surface area contributed by atoms with Crippen molar-refractivity contribution in [3.63, 3.8) is 0 Å². The monoisotopic (exact) mass is 396 g/mol. The number of nitrogens with zero attached hydrogens (tertiary/aromatic N) is 1. The van der Waals surface area contributed by atoms with Crippen LogP contribution in [-0.2, 0) is 9.59 Å². The number of carbonyl (C=O) groups excluding carboxylic acids is 2. The van der Waals surface area contributed by atoms with Crippen molar-refractivity contribution in [2.24, 2.45) is 0 Å². The average molecular weight is 396 g/mol. The zero-order valence-electron chi connectivity index (χ0n) is 14.8. The molecule has 8 heteroatoms. The van der Waals surface area contributed by atoms with Gasteiger partial charge >= 0.3 is 5.97 Å². The summed E-state index contributed by atoms with van der Waals surface area (Å²) in [6, 6.07) is 12.8. The number of hydrogen-bond acceptors (Lipinski definition) is 5. The van der Waals surface area contributed by atoms with Crippen molar-refractivity contribution < 1.29 is 24.2 Å². The molecule has 2 aromatic rings. The Hall–Kier alpha value is -3.52. The first-order valence-corrected chi connectivity index (χ1v) is 8.80. The molecule has 2 amide bonds. The summed E-state index contributed by atoms with van der Waals surface area (Å²) < 4.78 is 5.53. The summed E-state index contributed by atoms with van der Waals surface area (Å²) in [6.07, 6.45) is 1.43. The Morgan fingerprint density at radius 3 is 2.68 bits per heavy atom. The lowest BCUT2D eigenvalue weighted by molar-refractivity contribution is -0.122. The molecule has 0 radical (unpaired) electrons. The Labute approximate surface area is 166 Å². The van der Waals surface area contributed by atoms with Gasteiger partial charge in [-0.1, -0.05) is 24.3 Å². The van der Waals surface area contributed by atoms with Gasteiger partial charge in [-0.2, -0.15) is 0 Å². The number of anilines is 1. The van der Waals surface area contributed by atoms with Gasteiger partial charge in [0.15, 0.2) is 5.11 Å². The molecular formula is C20H16N2O5S. The van der Waals surface area contributed by atoms with Gasteiger partial charge in [-0.05, 0) is 49.5 Å². The minimum absolute atomic E-state index is 0.00257. The fraction of sp³-hybridized carbons (Fsp3) is 0.100. The smallest absolute Gasteiger partial charge is 0.335 e. The van der Waals surface area contributed by atoms with E-state index < -0.39 is 17.8 Å². The first kappa shape index (κ1) is 19.2. The predicted molar refractivity (Wildman–Crippen MR) is 107 cm³/mol. The highest BCUT2D eigenvalue weighted by Gasteiger charge is 2.34. The third kappa shape index (κ3) is 3.77. The molecule has 1 fully saturated rings. The summed E-state index contributed by atoms with van der Waals surface area (Å²) in [6.45, 7) is 2.26. The SMILES string of the molecule is CCOc1ccccc1C=C1C(=O)NC(=S)N(c2cccc(C(=O)O)c2)C1=O. The number of aromatic carboxylic acids is 1. The summed E-state index contributed by atoms with van der Waals surface area (Å²) in [5.74, 6) is -1.89. The molecule has 0 aliphatic carbocycles. The van der Waals surface area contributed by atoms with Crippen LogP contribution in [0.5, 0.6) is 5.75 Å². The molecule has 0 bridgehead atoms. The van der Waals surface area contributed by atoms with Gasteiger partial charge in [0.05, 0.1) is 17.9 Å². The molecular weight excluding hydrogens is 380 g/mol. The number of amides is 2. The fourth-order valence-electron chi connectivity index (χ4n) is 2.71. The van der Waals surface area contributed by atoms with Crippen molar-refractivity contribution in [1.29, 1.82) is 0 Å². The van der Waals surface area contributed by atoms with Gasteiger partial charge in [-0.25, -0.2) is 4.79 Å². The zero-order chi connectivity index (χ0) is 20.3. The fourth-order valence-corrected chi connectivity index (χ4v) is 2.99. The van der Waals surface area contributed by atoms with Crippen LogP contribution in [0.1, 0.15) is 22.8 Å². The highest BCUT2D eigenvalue weighted by molar-refractivity contribution is 7.80. The number of hydrogen-bond donors (Lipinski definition) is 2. The summed E-state index contributed by atoms with van der Waals surface area (Å²) in [5.41, 5.74) is 0.674. The van der Waals surface area contributed by atoms with Gasteiger partial charge < -0.3 is 9.84 Å². The van der Waals surface area contributed by atoms with Gasteiger partial charge in [0.1, 0.15) is 11.3 Å². The third-order valence-electron chi connectivity index (χ3n) is 3.97. The second kappa shape index (κ2) is 8.01. The van der Waals surface area contributed by atoms with E-state index in [1.165, 1.54) is 24.3 Å². The molecule has 7 nitrogen and oxygen atoms in total. The van der Waals surface area contributed by atoms with Crippen LogP contribution in [0, 0.1) is 0 Å². The maximum absolute atomic E-state index is 13.0. The number of para-hydroxylation sites is 1. The summed E-state index contributed by atoms with van der Waals surface area (Å²) in [7, 11) is 0. The average Bonchev–Trinajstić information content (AvgIpc) is 2.66. The van der Waals surface area contributed by atoms with Gasteiger partial charge in [-0.15, -0.1) is 0 Å². The van der Waals surface area contributed by atoms with E-state index in [2.05, 4.69) is 5.32 Å². The van der Waals surface area contributed by atoms with Crippen molar-refractivity contribution in [2.75, 3.05) is 11.5 Å². The summed E-state index contributed by atoms with van der Waals surface area (Å²) >= 11 is 5.13. The molecule has 0 atom stereocenters. The summed E-state index contributed by atoms with van der Waals surface area (Å²) in [4.78, 5) is 37.7. The third-order valence-corrected chi connectivity index (χ3v) is 4.26. The molecule has 142 valence electrons. The number of rotatable bonds is 5. The lowest BCUT2D eigenvalue weighted by Crippen LogP contribution is -2.54. The summed E-state index contributed by atoms with van der Waals surface area (Å²) in [5, 5.41) is 11.5. The van der Waals surface area contributed by atoms with Gasteiger partial charge in [0, 0.05) is 5.56 Å². The molecule has 1 saturated heterocycles. The molecule has 0 saturated carbocycles. The molecule has 2 aromatic carbocycles. The quantitative estimate of drug-likeness (QED) is 0.458. The zero-order valence-corrected chi connectivity index (χ0v) is 15.7. The van der Waals surface area contributed by atoms with Crippen LogP contribution in [0.4, 0.5) is 5.69 Å². The number of ether oxygens (including phenoxy) is 1. The minimum Gasteiger partial charge on any atom is -0.493 e. The van der Waals surface area contributed by atoms with Crippen molar-refractivity contribution in [2.45, 2.75) is 6.92 Å². The van der Waals surface area contributed by atoms with Crippen LogP contribution >= 0.6 is 12.2 Å². The van der Waals surface area contributed by atoms with Crippen molar-refractivity contribution in [1.82, 2.24) is 5.32 Å². The van der Waals surface area contributed by atoms with Gasteiger partial charge in [0.2, 0.25) is 0 Å². The Morgan fingerprint density at radius 2 is 1.96 bits per heavy atom. The Balaban J connectivity index is 2.04. The van der Waals surface area contributed by atoms with Gasteiger partial charge in [0.25, 0.3) is 11.8 Å². The Morgan fingerprint density at radius 1 is 1.21 bits per heavy atom. The standard InChI is InChI=1S/C20H16N2O5S/c1-2-27-16-9-4-3-6-12(16)11-15-17(23)21-20(28)22(18(15)24)14-8-5-7-13(10-14)19(25)26/h3-11H,2H2,1H3,(H,25,26)(H,21,23,28). The number of nitrogens with one attached hydrogen (secondary N) is 1. The first-order valence-electron chi connectivity index (χ1n) is 8.39. The van der Waals surface area contributed by atoms with Crippen LogP contribution in [0.2, 0.25) is 0 Å². The maximum atomic E-state index is 13.0. The van der Waals surface area contributed by atoms with E-state index in [-0.39, 0.29) is 21.9 Å². The minimum atomic E-state index is -1.14. The number of thiocarbonyl (C=S) groups is 1. The largest absolute Gasteiger partial charge is 0.493 e. The van der Waals surface area contributed by atoms with Crippen LogP contribution in [0.3, 0.4) is 0 Å². The second-order valence-electron chi connectivity index (χ2n) is 5.78. The van der Waals surface area contributed by atoms with E-state index in [1.54, 1.807) is 30.3 Å². The van der Waals surface area contributed by atoms with Gasteiger partial charge in [-0.3, -0.25) is 19.8 Å². The van der Waals surface area contributed by atoms with E-state index in [0.29, 0.717) is 17.9 Å². The van der Waals surface area contributed by atoms with E-state index >= 15 is 0 Å². The van der Waals surface area contributed by atoms with E-state index in [9.17, 15) is 19.5 Å². The van der Waals surface area contributed by atoms with E-state index in [1.807, 2.05) is 6.92 Å². The highest BCUT2D eigenvalue weighted by Crippen LogP contribution is 2.26. The van der Waals surface area contributed by atoms with Crippen molar-refractivity contribution in [3.05, 3.63) is 65.2 Å². The molecule has 0 unspecified atom stereocenters. The topological polar surface area (TPSA) is 95.9 Å². The number of benzene rings is 2. The Bertz CT molecular complexity index is 1020. The molecule has 28 heavy (non-hydrogen) atoms. The normalized spacial score (nSPS) is 15.5. The van der Waals surface area contributed by atoms with Crippen LogP contribution < -0.4 is 15.0 Å². The maximum Gasteiger partial charge on any atom is 0.335 e. The molecule has 2 N–H and O–H groups in total. The number of carboxylic acid groups (broad SMARTS) is 1. The van der Waals surface area contributed by atoms with E-state index in [0.717, 1.165) is 4.90 Å².